The van der Waals surface area contributed by atoms with Gasteiger partial charge in [0.15, 0.2) is 0 Å². The van der Waals surface area contributed by atoms with Gasteiger partial charge in [-0.15, -0.1) is 0 Å². The van der Waals surface area contributed by atoms with Crippen molar-refractivity contribution in [1.82, 2.24) is 0 Å². The molecule has 0 saturated heterocycles. The Labute approximate surface area is 98.8 Å². The number of hydrogen-bond donors (Lipinski definition) is 0. The van der Waals surface area contributed by atoms with Crippen molar-refractivity contribution in [1.29, 1.82) is 0 Å². The number of carbonyl (C=O) groups is 2. The molecule has 2 nitrogen and oxygen atoms in total. The minimum absolute atomic E-state index is 0.127. The highest BCUT2D eigenvalue weighted by Crippen LogP contribution is 2.40. The zero-order valence-electron chi connectivity index (χ0n) is 11.0. The third-order valence-corrected chi connectivity index (χ3v) is 3.84. The smallest absolute Gasteiger partial charge is 0.135 e. The summed E-state index contributed by atoms with van der Waals surface area (Å²) < 4.78 is 0. The summed E-state index contributed by atoms with van der Waals surface area (Å²) in [5.74, 6) is 1.02. The first-order valence-electron chi connectivity index (χ1n) is 6.39. The van der Waals surface area contributed by atoms with E-state index < -0.39 is 0 Å². The van der Waals surface area contributed by atoms with Crippen LogP contribution in [0.25, 0.3) is 0 Å². The van der Waals surface area contributed by atoms with E-state index in [1.807, 2.05) is 6.92 Å². The maximum Gasteiger partial charge on any atom is 0.135 e. The van der Waals surface area contributed by atoms with Crippen LogP contribution in [0.3, 0.4) is 0 Å². The van der Waals surface area contributed by atoms with E-state index in [0.717, 1.165) is 25.7 Å². The molecule has 1 aliphatic carbocycles. The van der Waals surface area contributed by atoms with E-state index in [2.05, 4.69) is 13.8 Å². The fourth-order valence-electron chi connectivity index (χ4n) is 2.93. The van der Waals surface area contributed by atoms with Crippen molar-refractivity contribution in [3.63, 3.8) is 0 Å². The first kappa shape index (κ1) is 13.4. The second kappa shape index (κ2) is 5.11. The Bertz CT molecular complexity index is 278. The SMILES string of the molecule is CCC(=O)C1CCC(C(C)=O)CC(C)(C)C1. The molecular formula is C14H24O2. The molecule has 0 aromatic rings. The molecule has 2 heteroatoms. The number of Topliss-reactive ketones (excluding diaryl/α,β-unsaturated/α-hetero) is 2. The zero-order chi connectivity index (χ0) is 12.3. The van der Waals surface area contributed by atoms with Crippen LogP contribution in [0.4, 0.5) is 0 Å². The lowest BCUT2D eigenvalue weighted by Gasteiger charge is -2.27. The molecule has 0 bridgehead atoms. The molecule has 1 rings (SSSR count). The predicted octanol–water partition coefficient (Wildman–Crippen LogP) is 3.39. The van der Waals surface area contributed by atoms with Gasteiger partial charge in [0.2, 0.25) is 0 Å². The summed E-state index contributed by atoms with van der Waals surface area (Å²) in [7, 11) is 0. The van der Waals surface area contributed by atoms with Gasteiger partial charge >= 0.3 is 0 Å². The topological polar surface area (TPSA) is 34.1 Å². The molecule has 0 amide bonds. The molecule has 0 aromatic carbocycles. The largest absolute Gasteiger partial charge is 0.300 e. The highest BCUT2D eigenvalue weighted by Gasteiger charge is 2.34. The Morgan fingerprint density at radius 2 is 1.62 bits per heavy atom. The maximum absolute atomic E-state index is 11.8. The molecule has 2 atom stereocenters. The first-order chi connectivity index (χ1) is 7.35. The summed E-state index contributed by atoms with van der Waals surface area (Å²) in [6.07, 6.45) is 4.32. The van der Waals surface area contributed by atoms with Crippen molar-refractivity contribution in [2.24, 2.45) is 17.3 Å². The lowest BCUT2D eigenvalue weighted by molar-refractivity contribution is -0.124. The van der Waals surface area contributed by atoms with E-state index >= 15 is 0 Å². The van der Waals surface area contributed by atoms with E-state index in [-0.39, 0.29) is 23.0 Å². The molecule has 0 N–H and O–H groups in total. The lowest BCUT2D eigenvalue weighted by Crippen LogP contribution is -2.22. The van der Waals surface area contributed by atoms with Gasteiger partial charge in [-0.1, -0.05) is 20.8 Å². The Morgan fingerprint density at radius 1 is 1.12 bits per heavy atom. The Kier molecular flexibility index (Phi) is 4.28. The van der Waals surface area contributed by atoms with Gasteiger partial charge in [0.25, 0.3) is 0 Å². The number of carbonyl (C=O) groups excluding carboxylic acids is 2. The van der Waals surface area contributed by atoms with Crippen LogP contribution in [0.15, 0.2) is 0 Å². The van der Waals surface area contributed by atoms with Gasteiger partial charge in [0, 0.05) is 18.3 Å². The van der Waals surface area contributed by atoms with Crippen molar-refractivity contribution in [3.05, 3.63) is 0 Å². The van der Waals surface area contributed by atoms with Crippen LogP contribution < -0.4 is 0 Å². The third kappa shape index (κ3) is 3.43. The van der Waals surface area contributed by atoms with Crippen LogP contribution in [0, 0.1) is 17.3 Å². The van der Waals surface area contributed by atoms with E-state index in [1.165, 1.54) is 0 Å². The summed E-state index contributed by atoms with van der Waals surface area (Å²) >= 11 is 0. The normalized spacial score (nSPS) is 29.5. The number of rotatable bonds is 3. The van der Waals surface area contributed by atoms with E-state index in [1.54, 1.807) is 6.92 Å². The molecule has 1 saturated carbocycles. The van der Waals surface area contributed by atoms with Crippen molar-refractivity contribution in [3.8, 4) is 0 Å². The lowest BCUT2D eigenvalue weighted by atomic mass is 9.77. The van der Waals surface area contributed by atoms with Crippen molar-refractivity contribution >= 4 is 11.6 Å². The molecule has 0 spiro atoms. The molecule has 16 heavy (non-hydrogen) atoms. The second-order valence-electron chi connectivity index (χ2n) is 5.97. The average Bonchev–Trinajstić information content (AvgIpc) is 2.35. The van der Waals surface area contributed by atoms with Crippen molar-refractivity contribution in [2.45, 2.75) is 59.8 Å². The molecule has 0 heterocycles. The van der Waals surface area contributed by atoms with Crippen LogP contribution in [0.1, 0.15) is 59.8 Å². The summed E-state index contributed by atoms with van der Waals surface area (Å²) in [4.78, 5) is 23.3. The van der Waals surface area contributed by atoms with Gasteiger partial charge in [-0.2, -0.15) is 0 Å². The van der Waals surface area contributed by atoms with Crippen molar-refractivity contribution in [2.75, 3.05) is 0 Å². The number of ketones is 2. The zero-order valence-corrected chi connectivity index (χ0v) is 11.0. The van der Waals surface area contributed by atoms with Crippen LogP contribution in [0.5, 0.6) is 0 Å². The van der Waals surface area contributed by atoms with E-state index in [0.29, 0.717) is 12.2 Å². The standard InChI is InChI=1S/C14H24O2/c1-5-13(16)12-7-6-11(10(2)15)8-14(3,4)9-12/h11-12H,5-9H2,1-4H3. The molecule has 0 aromatic heterocycles. The van der Waals surface area contributed by atoms with Crippen molar-refractivity contribution < 1.29 is 9.59 Å². The Hall–Kier alpha value is -0.660. The highest BCUT2D eigenvalue weighted by molar-refractivity contribution is 5.81. The van der Waals surface area contributed by atoms with Crippen LogP contribution in [-0.2, 0) is 9.59 Å². The molecule has 92 valence electrons. The second-order valence-corrected chi connectivity index (χ2v) is 5.97. The minimum atomic E-state index is 0.127. The van der Waals surface area contributed by atoms with E-state index in [9.17, 15) is 9.59 Å². The third-order valence-electron chi connectivity index (χ3n) is 3.84. The molecule has 0 aliphatic heterocycles. The summed E-state index contributed by atoms with van der Waals surface area (Å²) in [6.45, 7) is 7.99. The quantitative estimate of drug-likeness (QED) is 0.689. The van der Waals surface area contributed by atoms with Gasteiger partial charge in [0.05, 0.1) is 0 Å². The van der Waals surface area contributed by atoms with Gasteiger partial charge in [-0.05, 0) is 38.0 Å². The average molecular weight is 224 g/mol. The van der Waals surface area contributed by atoms with E-state index in [4.69, 9.17) is 0 Å². The van der Waals surface area contributed by atoms with Gasteiger partial charge in [-0.3, -0.25) is 9.59 Å². The first-order valence-corrected chi connectivity index (χ1v) is 6.39. The summed E-state index contributed by atoms with van der Waals surface area (Å²) in [5.41, 5.74) is 0.127. The van der Waals surface area contributed by atoms with Crippen LogP contribution in [-0.4, -0.2) is 11.6 Å². The fourth-order valence-corrected chi connectivity index (χ4v) is 2.93. The van der Waals surface area contributed by atoms with Gasteiger partial charge in [-0.25, -0.2) is 0 Å². The highest BCUT2D eigenvalue weighted by atomic mass is 16.1. The molecule has 2 unspecified atom stereocenters. The van der Waals surface area contributed by atoms with Gasteiger partial charge in [0.1, 0.15) is 11.6 Å². The molecule has 0 radical (unpaired) electrons. The predicted molar refractivity (Wildman–Crippen MR) is 65.2 cm³/mol. The van der Waals surface area contributed by atoms with Crippen LogP contribution >= 0.6 is 0 Å². The summed E-state index contributed by atoms with van der Waals surface area (Å²) in [6, 6.07) is 0. The summed E-state index contributed by atoms with van der Waals surface area (Å²) in [5, 5.41) is 0. The minimum Gasteiger partial charge on any atom is -0.300 e. The Balaban J connectivity index is 2.77. The monoisotopic (exact) mass is 224 g/mol. The molecule has 1 aliphatic rings. The van der Waals surface area contributed by atoms with Crippen LogP contribution in [0.2, 0.25) is 0 Å². The molecule has 1 fully saturated rings. The van der Waals surface area contributed by atoms with Gasteiger partial charge < -0.3 is 0 Å². The fraction of sp³-hybridized carbons (Fsp3) is 0.857. The number of hydrogen-bond acceptors (Lipinski definition) is 2. The molecular weight excluding hydrogens is 200 g/mol. The maximum atomic E-state index is 11.8. The Morgan fingerprint density at radius 3 is 2.12 bits per heavy atom.